The van der Waals surface area contributed by atoms with Crippen LogP contribution in [0, 0.1) is 23.7 Å². The molecule has 3 rings (SSSR count). The second-order valence-electron chi connectivity index (χ2n) is 10.6. The molecule has 34 heavy (non-hydrogen) atoms. The molecule has 0 aliphatic heterocycles. The van der Waals surface area contributed by atoms with Crippen molar-refractivity contribution in [2.45, 2.75) is 105 Å². The van der Waals surface area contributed by atoms with Gasteiger partial charge in [0.25, 0.3) is 0 Å². The normalized spacial score (nSPS) is 20.9. The molecule has 0 bridgehead atoms. The van der Waals surface area contributed by atoms with Crippen LogP contribution in [0.4, 0.5) is 0 Å². The van der Waals surface area contributed by atoms with E-state index in [1.807, 2.05) is 26.0 Å². The zero-order valence-electron chi connectivity index (χ0n) is 22.5. The molecule has 1 aromatic carbocycles. The number of hydrogen-bond donors (Lipinski definition) is 0. The lowest BCUT2D eigenvalue weighted by atomic mass is 9.65. The third-order valence-electron chi connectivity index (χ3n) is 7.76. The van der Waals surface area contributed by atoms with Crippen LogP contribution in [0.3, 0.4) is 0 Å². The summed E-state index contributed by atoms with van der Waals surface area (Å²) in [5, 5.41) is 0. The van der Waals surface area contributed by atoms with Crippen LogP contribution in [-0.2, 0) is 4.79 Å². The maximum Gasteiger partial charge on any atom is 0.158 e. The van der Waals surface area contributed by atoms with Gasteiger partial charge in [-0.25, -0.2) is 0 Å². The summed E-state index contributed by atoms with van der Waals surface area (Å²) in [5.74, 6) is 3.97. The van der Waals surface area contributed by atoms with Crippen LogP contribution in [0.5, 0.6) is 0 Å². The molecule has 2 unspecified atom stereocenters. The van der Waals surface area contributed by atoms with Gasteiger partial charge in [0.1, 0.15) is 0 Å². The van der Waals surface area contributed by atoms with Crippen molar-refractivity contribution in [3.8, 4) is 0 Å². The third-order valence-corrected chi connectivity index (χ3v) is 7.76. The van der Waals surface area contributed by atoms with Gasteiger partial charge in [-0.2, -0.15) is 0 Å². The van der Waals surface area contributed by atoms with Gasteiger partial charge < -0.3 is 0 Å². The second kappa shape index (κ2) is 15.8. The molecule has 0 heterocycles. The van der Waals surface area contributed by atoms with E-state index >= 15 is 0 Å². The van der Waals surface area contributed by atoms with Crippen LogP contribution in [0.25, 0.3) is 0 Å². The molecule has 1 aromatic rings. The number of allylic oxidation sites excluding steroid dienone is 4. The molecule has 3 atom stereocenters. The lowest BCUT2D eigenvalue weighted by molar-refractivity contribution is -0.116. The van der Waals surface area contributed by atoms with Crippen molar-refractivity contribution in [2.24, 2.45) is 23.7 Å². The Balaban J connectivity index is 0.000000240. The van der Waals surface area contributed by atoms with Gasteiger partial charge in [-0.15, -0.1) is 0 Å². The van der Waals surface area contributed by atoms with Crippen molar-refractivity contribution in [1.82, 2.24) is 0 Å². The zero-order chi connectivity index (χ0) is 24.8. The van der Waals surface area contributed by atoms with Gasteiger partial charge in [-0.1, -0.05) is 101 Å². The Bertz CT molecular complexity index is 828. The smallest absolute Gasteiger partial charge is 0.158 e. The fourth-order valence-corrected chi connectivity index (χ4v) is 5.25. The van der Waals surface area contributed by atoms with E-state index in [2.05, 4.69) is 68.7 Å². The molecule has 1 nitrogen and oxygen atoms in total. The van der Waals surface area contributed by atoms with Crippen LogP contribution in [0.2, 0.25) is 0 Å². The van der Waals surface area contributed by atoms with E-state index in [9.17, 15) is 4.79 Å². The first-order chi connectivity index (χ1) is 16.5. The zero-order valence-corrected chi connectivity index (χ0v) is 22.5. The topological polar surface area (TPSA) is 17.1 Å². The van der Waals surface area contributed by atoms with Gasteiger partial charge in [0.05, 0.1) is 0 Å². The lowest BCUT2D eigenvalue weighted by Gasteiger charge is -2.38. The molecule has 1 heteroatoms. The van der Waals surface area contributed by atoms with Crippen molar-refractivity contribution in [1.29, 1.82) is 0 Å². The van der Waals surface area contributed by atoms with Crippen molar-refractivity contribution in [2.75, 3.05) is 0 Å². The Labute approximate surface area is 210 Å². The van der Waals surface area contributed by atoms with Crippen LogP contribution in [0.1, 0.15) is 110 Å². The highest BCUT2D eigenvalue weighted by Gasteiger charge is 2.36. The Morgan fingerprint density at radius 2 is 1.68 bits per heavy atom. The summed E-state index contributed by atoms with van der Waals surface area (Å²) in [6.45, 7) is 10.9. The van der Waals surface area contributed by atoms with Crippen LogP contribution >= 0.6 is 0 Å². The molecule has 2 aliphatic rings. The second-order valence-corrected chi connectivity index (χ2v) is 10.6. The van der Waals surface area contributed by atoms with Crippen molar-refractivity contribution < 1.29 is 4.79 Å². The highest BCUT2D eigenvalue weighted by molar-refractivity contribution is 5.95. The Kier molecular flexibility index (Phi) is 13.1. The predicted molar refractivity (Wildman–Crippen MR) is 147 cm³/mol. The summed E-state index contributed by atoms with van der Waals surface area (Å²) in [7, 11) is 0. The molecule has 0 radical (unpaired) electrons. The molecule has 1 saturated carbocycles. The van der Waals surface area contributed by atoms with Crippen LogP contribution in [0.15, 0.2) is 65.6 Å². The number of hydrogen-bond acceptors (Lipinski definition) is 1. The van der Waals surface area contributed by atoms with E-state index in [4.69, 9.17) is 0 Å². The third kappa shape index (κ3) is 9.29. The van der Waals surface area contributed by atoms with E-state index in [1.165, 1.54) is 56.9 Å². The SMILES string of the molecule is C/C=C(/C(=O)CC)C1CCC1c1ccccc1.CC[C@@H](CCC(C)C)CCC1CC=C=C=CC1. The number of carbonyl (C=O) groups is 1. The van der Waals surface area contributed by atoms with Gasteiger partial charge in [-0.3, -0.25) is 4.79 Å². The summed E-state index contributed by atoms with van der Waals surface area (Å²) < 4.78 is 0. The number of ketones is 1. The quantitative estimate of drug-likeness (QED) is 0.237. The Morgan fingerprint density at radius 3 is 2.18 bits per heavy atom. The number of Topliss-reactive ketones (excluding diaryl/α,β-unsaturated/α-hetero) is 1. The molecule has 2 aliphatic carbocycles. The van der Waals surface area contributed by atoms with Gasteiger partial charge in [0, 0.05) is 6.42 Å². The number of carbonyl (C=O) groups excluding carboxylic acids is 1. The predicted octanol–water partition coefficient (Wildman–Crippen LogP) is 9.61. The minimum absolute atomic E-state index is 0.318. The summed E-state index contributed by atoms with van der Waals surface area (Å²) in [4.78, 5) is 11.9. The minimum Gasteiger partial charge on any atom is -0.295 e. The molecule has 0 amide bonds. The number of benzene rings is 1. The standard InChI is InChI=1S/C17H28.C16H20O/c1-4-16(12-11-15(2)3)13-14-17-9-7-5-6-8-10-17;1-3-13(16(17)4-2)15-11-10-14(15)12-8-6-5-7-9-12/h7-8,15-17H,4,9-14H2,1-3H3;3,5-9,14-15H,4,10-11H2,1-2H3/b;13-3+/t16-;/m0./s1. The maximum atomic E-state index is 11.9. The summed E-state index contributed by atoms with van der Waals surface area (Å²) in [6, 6.07) is 10.6. The lowest BCUT2D eigenvalue weighted by Crippen LogP contribution is -2.28. The van der Waals surface area contributed by atoms with Gasteiger partial charge in [0.15, 0.2) is 5.78 Å². The first kappa shape index (κ1) is 28.2. The average molecular weight is 461 g/mol. The van der Waals surface area contributed by atoms with E-state index in [1.54, 1.807) is 0 Å². The molecule has 1 fully saturated rings. The van der Waals surface area contributed by atoms with Gasteiger partial charge in [-0.05, 0) is 91.9 Å². The molecule has 0 aromatic heterocycles. The highest BCUT2D eigenvalue weighted by Crippen LogP contribution is 2.46. The Hall–Kier alpha value is -2.07. The minimum atomic E-state index is 0.318. The van der Waals surface area contributed by atoms with E-state index < -0.39 is 0 Å². The van der Waals surface area contributed by atoms with E-state index in [-0.39, 0.29) is 0 Å². The fourth-order valence-electron chi connectivity index (χ4n) is 5.25. The molecule has 0 N–H and O–H groups in total. The molecular weight excluding hydrogens is 412 g/mol. The number of rotatable bonds is 11. The monoisotopic (exact) mass is 460 g/mol. The molecular formula is C33H48O. The maximum absolute atomic E-state index is 11.9. The first-order valence-electron chi connectivity index (χ1n) is 13.9. The summed E-state index contributed by atoms with van der Waals surface area (Å²) >= 11 is 0. The van der Waals surface area contributed by atoms with Crippen molar-refractivity contribution in [3.05, 3.63) is 71.2 Å². The van der Waals surface area contributed by atoms with E-state index in [0.29, 0.717) is 24.0 Å². The summed E-state index contributed by atoms with van der Waals surface area (Å²) in [6.07, 6.45) is 18.7. The molecule has 0 saturated heterocycles. The first-order valence-corrected chi connectivity index (χ1v) is 13.9. The van der Waals surface area contributed by atoms with Gasteiger partial charge in [0.2, 0.25) is 0 Å². The summed E-state index contributed by atoms with van der Waals surface area (Å²) in [5.41, 5.74) is 8.61. The van der Waals surface area contributed by atoms with Crippen molar-refractivity contribution in [3.63, 3.8) is 0 Å². The van der Waals surface area contributed by atoms with Crippen LogP contribution in [-0.4, -0.2) is 5.78 Å². The Morgan fingerprint density at radius 1 is 1.00 bits per heavy atom. The van der Waals surface area contributed by atoms with Crippen LogP contribution < -0.4 is 0 Å². The van der Waals surface area contributed by atoms with Crippen molar-refractivity contribution >= 4 is 5.78 Å². The molecule has 0 spiro atoms. The fraction of sp³-hybridized carbons (Fsp3) is 0.606. The largest absolute Gasteiger partial charge is 0.295 e. The van der Waals surface area contributed by atoms with Gasteiger partial charge >= 0.3 is 0 Å². The van der Waals surface area contributed by atoms with E-state index in [0.717, 1.165) is 29.7 Å². The highest BCUT2D eigenvalue weighted by atomic mass is 16.1. The average Bonchev–Trinajstić information content (AvgIpc) is 3.11. The molecule has 186 valence electrons.